The van der Waals surface area contributed by atoms with E-state index in [9.17, 15) is 19.5 Å². The molecular weight excluding hydrogens is 727 g/mol. The Morgan fingerprint density at radius 2 is 0.966 bits per heavy atom. The first-order chi connectivity index (χ1) is 28.1. The van der Waals surface area contributed by atoms with Crippen molar-refractivity contribution in [1.82, 2.24) is 0 Å². The molecule has 0 aliphatic rings. The number of aliphatic carboxylic acids is 1. The van der Waals surface area contributed by atoms with Crippen molar-refractivity contribution < 1.29 is 38.2 Å². The second kappa shape index (κ2) is 40.8. The molecule has 0 aliphatic carbocycles. The molecule has 2 atom stereocenters. The number of ether oxygens (including phenoxy) is 3. The van der Waals surface area contributed by atoms with Crippen molar-refractivity contribution in [2.45, 2.75) is 199 Å². The van der Waals surface area contributed by atoms with Crippen molar-refractivity contribution in [2.24, 2.45) is 0 Å². The lowest BCUT2D eigenvalue weighted by molar-refractivity contribution is -0.889. The van der Waals surface area contributed by atoms with E-state index in [2.05, 4.69) is 74.6 Å². The van der Waals surface area contributed by atoms with E-state index in [0.717, 1.165) is 83.5 Å². The molecule has 2 unspecified atom stereocenters. The molecule has 0 aromatic heterocycles. The largest absolute Gasteiger partial charge is 0.544 e. The summed E-state index contributed by atoms with van der Waals surface area (Å²) >= 11 is 0. The zero-order valence-corrected chi connectivity index (χ0v) is 37.9. The highest BCUT2D eigenvalue weighted by Gasteiger charge is 2.25. The minimum absolute atomic E-state index is 0.0331. The van der Waals surface area contributed by atoms with Crippen LogP contribution in [0.1, 0.15) is 187 Å². The molecular formula is C50H87NO7. The number of carboxylic acid groups (broad SMARTS) is 1. The van der Waals surface area contributed by atoms with Gasteiger partial charge in [-0.3, -0.25) is 9.59 Å². The van der Waals surface area contributed by atoms with Gasteiger partial charge in [0.05, 0.1) is 40.3 Å². The van der Waals surface area contributed by atoms with E-state index in [0.29, 0.717) is 12.8 Å². The Bertz CT molecular complexity index is 1130. The molecule has 0 heterocycles. The number of hydrogen-bond donors (Lipinski definition) is 0. The summed E-state index contributed by atoms with van der Waals surface area (Å²) in [4.78, 5) is 36.9. The molecule has 0 saturated heterocycles. The van der Waals surface area contributed by atoms with Crippen LogP contribution in [0.4, 0.5) is 0 Å². The van der Waals surface area contributed by atoms with Gasteiger partial charge in [-0.1, -0.05) is 152 Å². The van der Waals surface area contributed by atoms with Crippen LogP contribution < -0.4 is 5.11 Å². The standard InChI is InChI=1S/C50H87NO7/c1-6-8-10-12-14-16-18-20-21-22-23-24-25-26-27-29-31-33-35-37-39-41-49(53)58-46(44-56-43-42-47(50(54)55)51(3,4)5)45-57-48(52)40-38-36-34-32-30-28-19-17-15-13-11-9-7-2/h8,10,14,16-17,19-21,23-24,46-47H,6-7,9,11-13,15,18,22,25-45H2,1-5H3/b10-8-,16-14-,19-17-,21-20-,24-23-. The van der Waals surface area contributed by atoms with Gasteiger partial charge in [-0.2, -0.15) is 0 Å². The molecule has 0 radical (unpaired) electrons. The van der Waals surface area contributed by atoms with Crippen LogP contribution in [0.2, 0.25) is 0 Å². The Hall–Kier alpha value is -2.97. The van der Waals surface area contributed by atoms with Gasteiger partial charge in [0.2, 0.25) is 0 Å². The second-order valence-electron chi connectivity index (χ2n) is 16.6. The number of unbranched alkanes of at least 4 members (excludes halogenated alkanes) is 17. The van der Waals surface area contributed by atoms with Gasteiger partial charge in [0.25, 0.3) is 0 Å². The summed E-state index contributed by atoms with van der Waals surface area (Å²) in [6, 6.07) is -0.730. The van der Waals surface area contributed by atoms with Crippen LogP contribution in [0.15, 0.2) is 60.8 Å². The first-order valence-electron chi connectivity index (χ1n) is 23.3. The molecule has 58 heavy (non-hydrogen) atoms. The van der Waals surface area contributed by atoms with Gasteiger partial charge in [-0.25, -0.2) is 0 Å². The fourth-order valence-electron chi connectivity index (χ4n) is 6.53. The summed E-state index contributed by atoms with van der Waals surface area (Å²) in [5.74, 6) is -1.76. The Labute approximate surface area is 356 Å². The van der Waals surface area contributed by atoms with Gasteiger partial charge in [0.15, 0.2) is 6.10 Å². The smallest absolute Gasteiger partial charge is 0.306 e. The van der Waals surface area contributed by atoms with E-state index in [4.69, 9.17) is 14.2 Å². The molecule has 0 fully saturated rings. The highest BCUT2D eigenvalue weighted by Crippen LogP contribution is 2.14. The number of rotatable bonds is 41. The number of nitrogens with zero attached hydrogens (tertiary/aromatic N) is 1. The van der Waals surface area contributed by atoms with Crippen LogP contribution in [0, 0.1) is 0 Å². The Kier molecular flexibility index (Phi) is 38.7. The van der Waals surface area contributed by atoms with Crippen LogP contribution in [0.3, 0.4) is 0 Å². The van der Waals surface area contributed by atoms with Crippen LogP contribution in [-0.4, -0.2) is 75.5 Å². The topological polar surface area (TPSA) is 102 Å². The van der Waals surface area contributed by atoms with Crippen molar-refractivity contribution in [1.29, 1.82) is 0 Å². The number of carbonyl (C=O) groups excluding carboxylic acids is 3. The quantitative estimate of drug-likeness (QED) is 0.0262. The molecule has 0 amide bonds. The SMILES string of the molecule is CC/C=C\C/C=C\C/C=C\C/C=C\CCCCCCCCCCC(=O)OC(COCCC(C(=O)[O-])[N+](C)(C)C)COC(=O)CCCCCCC/C=C\CCCCCC. The van der Waals surface area contributed by atoms with E-state index in [1.54, 1.807) is 21.1 Å². The van der Waals surface area contributed by atoms with E-state index >= 15 is 0 Å². The number of hydrogen-bond acceptors (Lipinski definition) is 7. The summed E-state index contributed by atoms with van der Waals surface area (Å²) in [6.45, 7) is 4.51. The predicted octanol–water partition coefficient (Wildman–Crippen LogP) is 11.6. The molecule has 0 aromatic rings. The maximum Gasteiger partial charge on any atom is 0.306 e. The maximum atomic E-state index is 12.7. The Morgan fingerprint density at radius 1 is 0.534 bits per heavy atom. The first kappa shape index (κ1) is 55.0. The van der Waals surface area contributed by atoms with Crippen molar-refractivity contribution in [2.75, 3.05) is 41.0 Å². The third-order valence-corrected chi connectivity index (χ3v) is 10.1. The predicted molar refractivity (Wildman–Crippen MR) is 240 cm³/mol. The second-order valence-corrected chi connectivity index (χ2v) is 16.6. The minimum atomic E-state index is -1.13. The van der Waals surface area contributed by atoms with Crippen LogP contribution in [0.25, 0.3) is 0 Å². The van der Waals surface area contributed by atoms with E-state index in [1.807, 2.05) is 0 Å². The summed E-state index contributed by atoms with van der Waals surface area (Å²) in [5.41, 5.74) is 0. The molecule has 0 aliphatic heterocycles. The summed E-state index contributed by atoms with van der Waals surface area (Å²) in [7, 11) is 5.40. The molecule has 8 nitrogen and oxygen atoms in total. The molecule has 0 N–H and O–H groups in total. The number of quaternary nitrogens is 1. The van der Waals surface area contributed by atoms with Crippen LogP contribution in [-0.2, 0) is 28.6 Å². The molecule has 334 valence electrons. The summed E-state index contributed by atoms with van der Waals surface area (Å²) < 4.78 is 17.2. The lowest BCUT2D eigenvalue weighted by Crippen LogP contribution is -2.55. The number of carboxylic acids is 1. The van der Waals surface area contributed by atoms with Gasteiger partial charge in [-0.05, 0) is 77.0 Å². The van der Waals surface area contributed by atoms with Gasteiger partial charge in [0.1, 0.15) is 12.6 Å². The van der Waals surface area contributed by atoms with Gasteiger partial charge in [-0.15, -0.1) is 0 Å². The highest BCUT2D eigenvalue weighted by atomic mass is 16.6. The van der Waals surface area contributed by atoms with Gasteiger partial charge in [0, 0.05) is 19.3 Å². The van der Waals surface area contributed by atoms with E-state index in [-0.39, 0.29) is 42.7 Å². The van der Waals surface area contributed by atoms with E-state index < -0.39 is 18.1 Å². The van der Waals surface area contributed by atoms with Crippen LogP contribution >= 0.6 is 0 Å². The molecule has 0 saturated carbocycles. The van der Waals surface area contributed by atoms with Crippen molar-refractivity contribution in [3.63, 3.8) is 0 Å². The zero-order valence-electron chi connectivity index (χ0n) is 37.9. The molecule has 0 rings (SSSR count). The highest BCUT2D eigenvalue weighted by molar-refractivity contribution is 5.70. The lowest BCUT2D eigenvalue weighted by atomic mass is 10.1. The lowest BCUT2D eigenvalue weighted by Gasteiger charge is -2.34. The van der Waals surface area contributed by atoms with Crippen LogP contribution in [0.5, 0.6) is 0 Å². The number of likely N-dealkylation sites (N-methyl/N-ethyl adjacent to an activating group) is 1. The van der Waals surface area contributed by atoms with Gasteiger partial charge >= 0.3 is 11.9 Å². The summed E-state index contributed by atoms with van der Waals surface area (Å²) in [6.07, 6.45) is 49.5. The molecule has 0 aromatic carbocycles. The van der Waals surface area contributed by atoms with E-state index in [1.165, 1.54) is 70.6 Å². The first-order valence-corrected chi connectivity index (χ1v) is 23.3. The van der Waals surface area contributed by atoms with Crippen molar-refractivity contribution in [3.8, 4) is 0 Å². The average molecular weight is 814 g/mol. The minimum Gasteiger partial charge on any atom is -0.544 e. The third-order valence-electron chi connectivity index (χ3n) is 10.1. The Morgan fingerprint density at radius 3 is 1.45 bits per heavy atom. The molecule has 0 spiro atoms. The maximum absolute atomic E-state index is 12.7. The monoisotopic (exact) mass is 814 g/mol. The zero-order chi connectivity index (χ0) is 42.8. The average Bonchev–Trinajstić information content (AvgIpc) is 3.18. The van der Waals surface area contributed by atoms with Crippen molar-refractivity contribution in [3.05, 3.63) is 60.8 Å². The fraction of sp³-hybridized carbons (Fsp3) is 0.740. The van der Waals surface area contributed by atoms with Crippen molar-refractivity contribution >= 4 is 17.9 Å². The number of carbonyl (C=O) groups is 3. The third kappa shape index (κ3) is 38.5. The summed E-state index contributed by atoms with van der Waals surface area (Å²) in [5, 5.41) is 11.6. The number of allylic oxidation sites excluding steroid dienone is 10. The molecule has 0 bridgehead atoms. The molecule has 8 heteroatoms. The number of esters is 2. The normalized spacial score (nSPS) is 13.5. The fourth-order valence-corrected chi connectivity index (χ4v) is 6.53. The Balaban J connectivity index is 4.31. The van der Waals surface area contributed by atoms with Gasteiger partial charge < -0.3 is 28.6 Å².